The lowest BCUT2D eigenvalue weighted by molar-refractivity contribution is -0.137. The minimum atomic E-state index is -5.08. The van der Waals surface area contributed by atoms with Crippen LogP contribution in [0, 0.1) is 5.82 Å². The van der Waals surface area contributed by atoms with Crippen LogP contribution in [0.15, 0.2) is 66.9 Å². The molecule has 1 unspecified atom stereocenters. The van der Waals surface area contributed by atoms with Gasteiger partial charge < -0.3 is 0 Å². The van der Waals surface area contributed by atoms with Crippen molar-refractivity contribution in [2.75, 3.05) is 12.3 Å². The van der Waals surface area contributed by atoms with E-state index in [1.54, 1.807) is 6.07 Å². The molecule has 0 radical (unpaired) electrons. The number of alkyl halides is 6. The van der Waals surface area contributed by atoms with Gasteiger partial charge >= 0.3 is 12.4 Å². The molecule has 188 valence electrons. The molecule has 13 heteroatoms. The van der Waals surface area contributed by atoms with Crippen molar-refractivity contribution < 1.29 is 39.2 Å². The van der Waals surface area contributed by atoms with Gasteiger partial charge in [-0.3, -0.25) is 4.98 Å². The first-order chi connectivity index (χ1) is 16.1. The van der Waals surface area contributed by atoms with Gasteiger partial charge in [-0.2, -0.15) is 26.3 Å². The summed E-state index contributed by atoms with van der Waals surface area (Å²) in [5.74, 6) is -3.52. The molecule has 0 saturated carbocycles. The second-order valence-electron chi connectivity index (χ2n) is 7.55. The molecular formula is C22H16ClF7N2O2S. The maximum absolute atomic E-state index is 14.5. The van der Waals surface area contributed by atoms with E-state index >= 15 is 0 Å². The number of rotatable bonds is 7. The van der Waals surface area contributed by atoms with Gasteiger partial charge in [0.05, 0.1) is 21.7 Å². The fraction of sp³-hybridized carbons (Fsp3) is 0.227. The molecule has 1 atom stereocenters. The van der Waals surface area contributed by atoms with Gasteiger partial charge in [-0.25, -0.2) is 17.5 Å². The Kier molecular flexibility index (Phi) is 7.49. The molecule has 1 aromatic heterocycles. The van der Waals surface area contributed by atoms with Crippen molar-refractivity contribution >= 4 is 21.6 Å². The van der Waals surface area contributed by atoms with E-state index in [2.05, 4.69) is 4.98 Å². The minimum absolute atomic E-state index is 0.0819. The van der Waals surface area contributed by atoms with Crippen LogP contribution >= 0.6 is 11.6 Å². The molecule has 0 fully saturated rings. The molecule has 0 aliphatic heterocycles. The van der Waals surface area contributed by atoms with Crippen molar-refractivity contribution in [2.24, 2.45) is 0 Å². The summed E-state index contributed by atoms with van der Waals surface area (Å²) in [4.78, 5) is 4.11. The van der Waals surface area contributed by atoms with Crippen LogP contribution < -0.4 is 4.72 Å². The van der Waals surface area contributed by atoms with Crippen molar-refractivity contribution in [3.63, 3.8) is 0 Å². The zero-order chi connectivity index (χ0) is 26.1. The molecule has 0 bridgehead atoms. The van der Waals surface area contributed by atoms with Gasteiger partial charge in [0, 0.05) is 12.7 Å². The predicted octanol–water partition coefficient (Wildman–Crippen LogP) is 5.71. The van der Waals surface area contributed by atoms with E-state index in [0.29, 0.717) is 6.07 Å². The van der Waals surface area contributed by atoms with E-state index < -0.39 is 51.5 Å². The molecule has 3 aromatic rings. The molecule has 1 N–H and O–H groups in total. The molecule has 3 rings (SSSR count). The van der Waals surface area contributed by atoms with Gasteiger partial charge in [0.2, 0.25) is 10.0 Å². The Bertz CT molecular complexity index is 1280. The van der Waals surface area contributed by atoms with E-state index in [9.17, 15) is 39.2 Å². The molecule has 0 spiro atoms. The lowest BCUT2D eigenvalue weighted by Gasteiger charge is -2.35. The van der Waals surface area contributed by atoms with Crippen LogP contribution in [-0.2, 0) is 21.6 Å². The maximum atomic E-state index is 14.5. The highest BCUT2D eigenvalue weighted by molar-refractivity contribution is 7.89. The Morgan fingerprint density at radius 3 is 2.03 bits per heavy atom. The molecule has 0 saturated heterocycles. The molecule has 0 aliphatic carbocycles. The number of pyridine rings is 1. The first kappa shape index (κ1) is 26.9. The fourth-order valence-corrected chi connectivity index (χ4v) is 4.67. The van der Waals surface area contributed by atoms with Crippen LogP contribution in [0.5, 0.6) is 0 Å². The average Bonchev–Trinajstić information content (AvgIpc) is 2.73. The number of sulfonamides is 1. The number of benzene rings is 2. The predicted molar refractivity (Wildman–Crippen MR) is 115 cm³/mol. The maximum Gasteiger partial charge on any atom is 0.416 e. The molecular weight excluding hydrogens is 525 g/mol. The Labute approximate surface area is 200 Å². The van der Waals surface area contributed by atoms with Gasteiger partial charge in [0.15, 0.2) is 5.75 Å². The second-order valence-corrected chi connectivity index (χ2v) is 9.80. The normalized spacial score (nSPS) is 14.5. The monoisotopic (exact) mass is 540 g/mol. The Balaban J connectivity index is 2.32. The molecule has 4 nitrogen and oxygen atoms in total. The highest BCUT2D eigenvalue weighted by Crippen LogP contribution is 2.41. The summed E-state index contributed by atoms with van der Waals surface area (Å²) in [6.07, 6.45) is -8.92. The van der Waals surface area contributed by atoms with Crippen molar-refractivity contribution in [3.8, 4) is 0 Å². The minimum Gasteiger partial charge on any atom is -0.258 e. The number of hydrogen-bond acceptors (Lipinski definition) is 3. The summed E-state index contributed by atoms with van der Waals surface area (Å²) >= 11 is 5.88. The molecule has 35 heavy (non-hydrogen) atoms. The number of aromatic nitrogens is 1. The van der Waals surface area contributed by atoms with Gasteiger partial charge in [-0.05, 0) is 41.5 Å². The summed E-state index contributed by atoms with van der Waals surface area (Å²) < 4.78 is 120. The standard InChI is InChI=1S/C22H16ClF7N2O2S/c23-17-6-7-19(31-11-17)20(14-4-2-1-3-5-14,12-32-35(33,34)13-21(25,26)27)15-8-16(22(28,29)30)10-18(24)9-15/h1-11,32H,12-13H2. The molecule has 1 heterocycles. The third-order valence-electron chi connectivity index (χ3n) is 5.06. The lowest BCUT2D eigenvalue weighted by Crippen LogP contribution is -2.45. The molecule has 0 aliphatic rings. The average molecular weight is 541 g/mol. The summed E-state index contributed by atoms with van der Waals surface area (Å²) in [6.45, 7) is -0.898. The van der Waals surface area contributed by atoms with E-state index in [-0.39, 0.29) is 27.9 Å². The Morgan fingerprint density at radius 1 is 0.857 bits per heavy atom. The Morgan fingerprint density at radius 2 is 1.49 bits per heavy atom. The van der Waals surface area contributed by atoms with E-state index in [4.69, 9.17) is 11.6 Å². The quantitative estimate of drug-likeness (QED) is 0.391. The van der Waals surface area contributed by atoms with Crippen LogP contribution in [0.2, 0.25) is 5.02 Å². The highest BCUT2D eigenvalue weighted by atomic mass is 35.5. The van der Waals surface area contributed by atoms with Crippen LogP contribution in [-0.4, -0.2) is 31.9 Å². The molecule has 0 amide bonds. The molecule has 2 aromatic carbocycles. The SMILES string of the molecule is O=S(=O)(CC(F)(F)F)NCC(c1ccccc1)(c1cc(F)cc(C(F)(F)F)c1)c1ccc(Cl)cn1. The lowest BCUT2D eigenvalue weighted by atomic mass is 9.71. The number of halogens is 8. The van der Waals surface area contributed by atoms with Gasteiger partial charge in [-0.15, -0.1) is 0 Å². The van der Waals surface area contributed by atoms with Crippen molar-refractivity contribution in [2.45, 2.75) is 17.8 Å². The van der Waals surface area contributed by atoms with Crippen molar-refractivity contribution in [1.82, 2.24) is 9.71 Å². The first-order valence-electron chi connectivity index (χ1n) is 9.72. The summed E-state index contributed by atoms with van der Waals surface area (Å²) in [5.41, 5.74) is -3.67. The zero-order valence-electron chi connectivity index (χ0n) is 17.5. The topological polar surface area (TPSA) is 59.1 Å². The summed E-state index contributed by atoms with van der Waals surface area (Å²) in [6, 6.07) is 11.5. The van der Waals surface area contributed by atoms with Gasteiger partial charge in [-0.1, -0.05) is 41.9 Å². The number of nitrogens with one attached hydrogen (secondary N) is 1. The summed E-state index contributed by atoms with van der Waals surface area (Å²) in [5, 5.41) is 0.128. The fourth-order valence-electron chi connectivity index (χ4n) is 3.59. The smallest absolute Gasteiger partial charge is 0.258 e. The second kappa shape index (κ2) is 9.75. The number of nitrogens with zero attached hydrogens (tertiary/aromatic N) is 1. The van der Waals surface area contributed by atoms with E-state index in [1.165, 1.54) is 36.4 Å². The van der Waals surface area contributed by atoms with E-state index in [0.717, 1.165) is 12.3 Å². The van der Waals surface area contributed by atoms with Crippen LogP contribution in [0.25, 0.3) is 0 Å². The van der Waals surface area contributed by atoms with Crippen molar-refractivity contribution in [3.05, 3.63) is 100 Å². The van der Waals surface area contributed by atoms with Gasteiger partial charge in [0.1, 0.15) is 5.82 Å². The van der Waals surface area contributed by atoms with E-state index in [1.807, 2.05) is 4.72 Å². The largest absolute Gasteiger partial charge is 0.416 e. The number of hydrogen-bond donors (Lipinski definition) is 1. The van der Waals surface area contributed by atoms with Crippen LogP contribution in [0.3, 0.4) is 0 Å². The van der Waals surface area contributed by atoms with Crippen molar-refractivity contribution in [1.29, 1.82) is 0 Å². The highest BCUT2D eigenvalue weighted by Gasteiger charge is 2.43. The van der Waals surface area contributed by atoms with Gasteiger partial charge in [0.25, 0.3) is 0 Å². The summed E-state index contributed by atoms with van der Waals surface area (Å²) in [7, 11) is -5.00. The third-order valence-corrected chi connectivity index (χ3v) is 6.58. The Hall–Kier alpha value is -2.70. The zero-order valence-corrected chi connectivity index (χ0v) is 19.0. The first-order valence-corrected chi connectivity index (χ1v) is 11.8. The van der Waals surface area contributed by atoms with Crippen LogP contribution in [0.1, 0.15) is 22.4 Å². The third kappa shape index (κ3) is 6.50. The van der Waals surface area contributed by atoms with Crippen LogP contribution in [0.4, 0.5) is 30.7 Å².